The van der Waals surface area contributed by atoms with Crippen LogP contribution in [0.4, 0.5) is 0 Å². The van der Waals surface area contributed by atoms with Crippen molar-refractivity contribution in [3.8, 4) is 34.5 Å². The quantitative estimate of drug-likeness (QED) is 0.190. The normalized spacial score (nSPS) is 11.8. The van der Waals surface area contributed by atoms with Gasteiger partial charge in [-0.2, -0.15) is 16.8 Å². The van der Waals surface area contributed by atoms with Crippen LogP contribution in [-0.2, 0) is 20.2 Å². The molecule has 5 rings (SSSR count). The van der Waals surface area contributed by atoms with Gasteiger partial charge in [-0.25, -0.2) is 0 Å². The first kappa shape index (κ1) is 26.9. The van der Waals surface area contributed by atoms with Gasteiger partial charge in [0.1, 0.15) is 9.79 Å². The van der Waals surface area contributed by atoms with Gasteiger partial charge in [0.05, 0.1) is 14.2 Å². The molecule has 12 heteroatoms. The van der Waals surface area contributed by atoms with Gasteiger partial charge in [0, 0.05) is 22.9 Å². The standard InChI is InChI=1S/C28H22O10S2/c1-35-27-15-19(9-11-23(27)29)39(31,32)37-25-7-3-5-17-14-22-18(13-21(17)25)6-4-8-26(22)38-40(33,34)20-10-12-24(30)28(16-20)36-2/h3-16,29-30H,1-2H3. The maximum absolute atomic E-state index is 13.0. The molecule has 0 unspecified atom stereocenters. The molecule has 0 heterocycles. The molecule has 0 aliphatic carbocycles. The van der Waals surface area contributed by atoms with Crippen LogP contribution in [0.15, 0.2) is 94.7 Å². The van der Waals surface area contributed by atoms with E-state index >= 15 is 0 Å². The number of rotatable bonds is 8. The molecule has 0 radical (unpaired) electrons. The predicted octanol–water partition coefficient (Wildman–Crippen LogP) is 4.96. The zero-order valence-corrected chi connectivity index (χ0v) is 22.7. The molecule has 5 aromatic carbocycles. The average molecular weight is 583 g/mol. The lowest BCUT2D eigenvalue weighted by Crippen LogP contribution is -2.10. The van der Waals surface area contributed by atoms with Crippen molar-refractivity contribution in [2.45, 2.75) is 9.79 Å². The summed E-state index contributed by atoms with van der Waals surface area (Å²) < 4.78 is 73.0. The first-order valence-corrected chi connectivity index (χ1v) is 14.4. The summed E-state index contributed by atoms with van der Waals surface area (Å²) in [6, 6.07) is 20.0. The van der Waals surface area contributed by atoms with Crippen molar-refractivity contribution in [2.75, 3.05) is 14.2 Å². The van der Waals surface area contributed by atoms with Gasteiger partial charge in [-0.15, -0.1) is 0 Å². The Hall–Kier alpha value is -4.68. The van der Waals surface area contributed by atoms with Crippen molar-refractivity contribution < 1.29 is 44.9 Å². The van der Waals surface area contributed by atoms with Crippen molar-refractivity contribution in [1.82, 2.24) is 0 Å². The number of hydrogen-bond acceptors (Lipinski definition) is 10. The minimum atomic E-state index is -4.30. The van der Waals surface area contributed by atoms with E-state index in [0.717, 1.165) is 12.1 Å². The fraction of sp³-hybridized carbons (Fsp3) is 0.0714. The Bertz CT molecular complexity index is 1840. The summed E-state index contributed by atoms with van der Waals surface area (Å²) in [5, 5.41) is 21.6. The molecule has 0 atom stereocenters. The van der Waals surface area contributed by atoms with Gasteiger partial charge < -0.3 is 28.1 Å². The van der Waals surface area contributed by atoms with Gasteiger partial charge in [0.15, 0.2) is 34.5 Å². The Labute approximate surface area is 229 Å². The molecule has 0 saturated heterocycles. The van der Waals surface area contributed by atoms with Gasteiger partial charge in [-0.3, -0.25) is 0 Å². The fourth-order valence-electron chi connectivity index (χ4n) is 4.10. The van der Waals surface area contributed by atoms with E-state index in [2.05, 4.69) is 0 Å². The largest absolute Gasteiger partial charge is 0.504 e. The number of ether oxygens (including phenoxy) is 2. The third-order valence-corrected chi connectivity index (χ3v) is 8.54. The molecule has 0 aliphatic heterocycles. The van der Waals surface area contributed by atoms with E-state index in [0.29, 0.717) is 21.5 Å². The fourth-order valence-corrected chi connectivity index (χ4v) is 6.03. The van der Waals surface area contributed by atoms with Gasteiger partial charge in [0.2, 0.25) is 0 Å². The molecule has 206 valence electrons. The molecule has 0 saturated carbocycles. The molecule has 0 aromatic heterocycles. The van der Waals surface area contributed by atoms with Crippen molar-refractivity contribution in [3.63, 3.8) is 0 Å². The maximum Gasteiger partial charge on any atom is 0.339 e. The molecule has 0 amide bonds. The Kier molecular flexibility index (Phi) is 6.82. The summed E-state index contributed by atoms with van der Waals surface area (Å²) in [5.74, 6) is -0.405. The number of phenols is 2. The highest BCUT2D eigenvalue weighted by Gasteiger charge is 2.22. The summed E-state index contributed by atoms with van der Waals surface area (Å²) in [6.07, 6.45) is 0. The second-order valence-corrected chi connectivity index (χ2v) is 11.6. The van der Waals surface area contributed by atoms with E-state index in [-0.39, 0.29) is 44.3 Å². The highest BCUT2D eigenvalue weighted by molar-refractivity contribution is 7.87. The summed E-state index contributed by atoms with van der Waals surface area (Å²) in [6.45, 7) is 0. The van der Waals surface area contributed by atoms with Gasteiger partial charge >= 0.3 is 20.2 Å². The Morgan fingerprint density at radius 2 is 0.925 bits per heavy atom. The minimum Gasteiger partial charge on any atom is -0.504 e. The van der Waals surface area contributed by atoms with E-state index < -0.39 is 20.2 Å². The van der Waals surface area contributed by atoms with E-state index in [1.165, 1.54) is 50.6 Å². The zero-order valence-electron chi connectivity index (χ0n) is 21.1. The minimum absolute atomic E-state index is 0.0261. The van der Waals surface area contributed by atoms with Crippen LogP contribution in [0.3, 0.4) is 0 Å². The van der Waals surface area contributed by atoms with Crippen LogP contribution in [-0.4, -0.2) is 41.3 Å². The molecule has 10 nitrogen and oxygen atoms in total. The second kappa shape index (κ2) is 10.1. The molecule has 2 N–H and O–H groups in total. The van der Waals surface area contributed by atoms with Gasteiger partial charge in [0.25, 0.3) is 0 Å². The SMILES string of the molecule is COc1cc(S(=O)(=O)Oc2cccc3cc4c(OS(=O)(=O)c5ccc(O)c(OC)c5)cccc4cc23)ccc1O. The topological polar surface area (TPSA) is 146 Å². The number of phenolic OH excluding ortho intramolecular Hbond substituents is 2. The van der Waals surface area contributed by atoms with Crippen LogP contribution in [0, 0.1) is 0 Å². The van der Waals surface area contributed by atoms with E-state index in [4.69, 9.17) is 17.8 Å². The Morgan fingerprint density at radius 1 is 0.525 bits per heavy atom. The number of aromatic hydroxyl groups is 2. The van der Waals surface area contributed by atoms with Crippen LogP contribution in [0.2, 0.25) is 0 Å². The highest BCUT2D eigenvalue weighted by Crippen LogP contribution is 2.37. The Morgan fingerprint density at radius 3 is 1.30 bits per heavy atom. The summed E-state index contributed by atoms with van der Waals surface area (Å²) in [7, 11) is -6.01. The van der Waals surface area contributed by atoms with E-state index in [9.17, 15) is 27.0 Å². The molecule has 0 spiro atoms. The smallest absolute Gasteiger partial charge is 0.339 e. The summed E-state index contributed by atoms with van der Waals surface area (Å²) >= 11 is 0. The van der Waals surface area contributed by atoms with Crippen molar-refractivity contribution >= 4 is 41.8 Å². The molecule has 0 bridgehead atoms. The number of benzene rings is 5. The van der Waals surface area contributed by atoms with Gasteiger partial charge in [-0.05, 0) is 59.3 Å². The zero-order chi connectivity index (χ0) is 28.7. The first-order valence-electron chi connectivity index (χ1n) is 11.6. The van der Waals surface area contributed by atoms with Crippen LogP contribution in [0.1, 0.15) is 0 Å². The summed E-state index contributed by atoms with van der Waals surface area (Å²) in [4.78, 5) is -0.432. The molecular formula is C28H22O10S2. The summed E-state index contributed by atoms with van der Waals surface area (Å²) in [5.41, 5.74) is 0. The van der Waals surface area contributed by atoms with E-state index in [1.54, 1.807) is 36.4 Å². The lowest BCUT2D eigenvalue weighted by molar-refractivity contribution is 0.371. The number of methoxy groups -OCH3 is 2. The highest BCUT2D eigenvalue weighted by atomic mass is 32.2. The predicted molar refractivity (Wildman–Crippen MR) is 146 cm³/mol. The van der Waals surface area contributed by atoms with Crippen molar-refractivity contribution in [2.24, 2.45) is 0 Å². The average Bonchev–Trinajstić information content (AvgIpc) is 2.92. The van der Waals surface area contributed by atoms with Crippen LogP contribution >= 0.6 is 0 Å². The van der Waals surface area contributed by atoms with Crippen LogP contribution in [0.5, 0.6) is 34.5 Å². The van der Waals surface area contributed by atoms with Crippen LogP contribution < -0.4 is 17.8 Å². The molecule has 40 heavy (non-hydrogen) atoms. The van der Waals surface area contributed by atoms with Gasteiger partial charge in [-0.1, -0.05) is 24.3 Å². The lowest BCUT2D eigenvalue weighted by atomic mass is 10.0. The molecule has 5 aromatic rings. The molecule has 0 fully saturated rings. The maximum atomic E-state index is 13.0. The van der Waals surface area contributed by atoms with Crippen molar-refractivity contribution in [3.05, 3.63) is 84.9 Å². The van der Waals surface area contributed by atoms with E-state index in [1.807, 2.05) is 0 Å². The lowest BCUT2D eigenvalue weighted by Gasteiger charge is -2.14. The van der Waals surface area contributed by atoms with Crippen LogP contribution in [0.25, 0.3) is 21.5 Å². The number of hydrogen-bond donors (Lipinski definition) is 2. The molecular weight excluding hydrogens is 560 g/mol. The van der Waals surface area contributed by atoms with Crippen molar-refractivity contribution in [1.29, 1.82) is 0 Å². The Balaban J connectivity index is 1.54. The second-order valence-electron chi connectivity index (χ2n) is 8.55. The monoisotopic (exact) mass is 582 g/mol. The third-order valence-electron chi connectivity index (χ3n) is 6.08. The first-order chi connectivity index (χ1) is 19.0. The number of fused-ring (bicyclic) bond motifs is 2. The third kappa shape index (κ3) is 5.01. The molecule has 0 aliphatic rings.